The average molecular weight is 521 g/mol. The summed E-state index contributed by atoms with van der Waals surface area (Å²) >= 11 is 0. The Morgan fingerprint density at radius 1 is 0.763 bits per heavy atom. The number of amides is 2. The molecule has 38 heavy (non-hydrogen) atoms. The molecule has 1 fully saturated rings. The van der Waals surface area contributed by atoms with E-state index in [-0.39, 0.29) is 18.2 Å². The second-order valence-corrected chi connectivity index (χ2v) is 8.73. The number of methoxy groups -OCH3 is 5. The summed E-state index contributed by atoms with van der Waals surface area (Å²) in [6, 6.07) is 17.3. The molecule has 1 aliphatic heterocycles. The minimum absolute atomic E-state index is 0.0786. The number of rotatable bonds is 9. The highest BCUT2D eigenvalue weighted by atomic mass is 16.5. The highest BCUT2D eigenvalue weighted by molar-refractivity contribution is 6.00. The van der Waals surface area contributed by atoms with Crippen LogP contribution in [0.4, 0.5) is 11.4 Å². The highest BCUT2D eigenvalue weighted by Crippen LogP contribution is 2.43. The van der Waals surface area contributed by atoms with Crippen LogP contribution < -0.4 is 33.9 Å². The molecule has 1 saturated heterocycles. The molecular weight excluding hydrogens is 488 g/mol. The van der Waals surface area contributed by atoms with Gasteiger partial charge in [0.2, 0.25) is 11.8 Å². The van der Waals surface area contributed by atoms with Crippen LogP contribution in [-0.2, 0) is 9.59 Å². The number of carbonyl (C=O) groups is 2. The van der Waals surface area contributed by atoms with Gasteiger partial charge in [0.1, 0.15) is 5.75 Å². The van der Waals surface area contributed by atoms with Gasteiger partial charge in [-0.3, -0.25) is 9.59 Å². The Labute approximate surface area is 222 Å². The predicted molar refractivity (Wildman–Crippen MR) is 144 cm³/mol. The lowest BCUT2D eigenvalue weighted by atomic mass is 9.83. The van der Waals surface area contributed by atoms with E-state index in [4.69, 9.17) is 23.7 Å². The lowest BCUT2D eigenvalue weighted by Gasteiger charge is -2.41. The van der Waals surface area contributed by atoms with E-state index in [9.17, 15) is 9.59 Å². The molecule has 1 N–H and O–H groups in total. The summed E-state index contributed by atoms with van der Waals surface area (Å²) in [5.74, 6) is 1.94. The lowest BCUT2D eigenvalue weighted by molar-refractivity contribution is -0.125. The molecule has 9 heteroatoms. The third kappa shape index (κ3) is 5.32. The Bertz CT molecular complexity index is 1290. The van der Waals surface area contributed by atoms with Crippen LogP contribution in [0.1, 0.15) is 24.4 Å². The fourth-order valence-corrected chi connectivity index (χ4v) is 4.78. The molecule has 2 amide bonds. The number of piperidine rings is 1. The molecule has 1 aliphatic rings. The zero-order chi connectivity index (χ0) is 27.2. The van der Waals surface area contributed by atoms with E-state index in [1.54, 1.807) is 69.7 Å². The maximum atomic E-state index is 13.8. The van der Waals surface area contributed by atoms with E-state index in [0.29, 0.717) is 46.5 Å². The van der Waals surface area contributed by atoms with E-state index < -0.39 is 12.0 Å². The maximum Gasteiger partial charge on any atom is 0.229 e. The van der Waals surface area contributed by atoms with Crippen LogP contribution in [0.5, 0.6) is 28.7 Å². The molecule has 3 aromatic rings. The molecule has 0 aromatic heterocycles. The average Bonchev–Trinajstić information content (AvgIpc) is 2.96. The molecule has 200 valence electrons. The number of hydrogen-bond donors (Lipinski definition) is 1. The van der Waals surface area contributed by atoms with Crippen LogP contribution in [0.15, 0.2) is 60.7 Å². The van der Waals surface area contributed by atoms with Gasteiger partial charge in [-0.05, 0) is 60.5 Å². The van der Waals surface area contributed by atoms with Crippen molar-refractivity contribution in [1.82, 2.24) is 0 Å². The second-order valence-electron chi connectivity index (χ2n) is 8.73. The first-order chi connectivity index (χ1) is 18.4. The molecule has 1 heterocycles. The van der Waals surface area contributed by atoms with Gasteiger partial charge in [0, 0.05) is 23.9 Å². The van der Waals surface area contributed by atoms with Gasteiger partial charge in [-0.2, -0.15) is 0 Å². The summed E-state index contributed by atoms with van der Waals surface area (Å²) in [4.78, 5) is 28.8. The fraction of sp³-hybridized carbons (Fsp3) is 0.310. The van der Waals surface area contributed by atoms with Gasteiger partial charge < -0.3 is 33.9 Å². The molecule has 2 atom stereocenters. The SMILES string of the molecule is COc1ccc(N2C(=O)CC[C@@H](C(=O)Nc3ccc(OC)c(OC)c3)[C@H]2c2ccc(OC)c(OC)c2)cc1. The van der Waals surface area contributed by atoms with Gasteiger partial charge in [-0.15, -0.1) is 0 Å². The van der Waals surface area contributed by atoms with Crippen molar-refractivity contribution >= 4 is 23.2 Å². The van der Waals surface area contributed by atoms with E-state index in [1.807, 2.05) is 24.3 Å². The zero-order valence-electron chi connectivity index (χ0n) is 22.1. The molecule has 4 rings (SSSR count). The van der Waals surface area contributed by atoms with Crippen molar-refractivity contribution < 1.29 is 33.3 Å². The number of anilines is 2. The van der Waals surface area contributed by atoms with Crippen molar-refractivity contribution in [3.8, 4) is 28.7 Å². The first-order valence-corrected chi connectivity index (χ1v) is 12.1. The van der Waals surface area contributed by atoms with E-state index in [1.165, 1.54) is 7.11 Å². The Balaban J connectivity index is 1.76. The van der Waals surface area contributed by atoms with Gasteiger partial charge in [-0.1, -0.05) is 6.07 Å². The van der Waals surface area contributed by atoms with E-state index in [2.05, 4.69) is 5.32 Å². The van der Waals surface area contributed by atoms with Crippen LogP contribution in [0.25, 0.3) is 0 Å². The molecule has 0 aliphatic carbocycles. The third-order valence-corrected chi connectivity index (χ3v) is 6.68. The van der Waals surface area contributed by atoms with Crippen molar-refractivity contribution in [2.45, 2.75) is 18.9 Å². The molecule has 0 saturated carbocycles. The Kier molecular flexibility index (Phi) is 8.25. The van der Waals surface area contributed by atoms with E-state index in [0.717, 1.165) is 5.56 Å². The van der Waals surface area contributed by atoms with Crippen LogP contribution in [-0.4, -0.2) is 47.4 Å². The number of nitrogens with zero attached hydrogens (tertiary/aromatic N) is 1. The summed E-state index contributed by atoms with van der Waals surface area (Å²) in [5, 5.41) is 3.01. The normalized spacial score (nSPS) is 17.0. The molecule has 3 aromatic carbocycles. The molecule has 0 unspecified atom stereocenters. The predicted octanol–water partition coefficient (Wildman–Crippen LogP) is 4.85. The summed E-state index contributed by atoms with van der Waals surface area (Å²) in [6.07, 6.45) is 0.601. The Morgan fingerprint density at radius 3 is 1.97 bits per heavy atom. The van der Waals surface area contributed by atoms with E-state index >= 15 is 0 Å². The minimum atomic E-state index is -0.593. The first-order valence-electron chi connectivity index (χ1n) is 12.1. The zero-order valence-corrected chi connectivity index (χ0v) is 22.1. The van der Waals surface area contributed by atoms with Crippen molar-refractivity contribution in [2.24, 2.45) is 5.92 Å². The molecule has 0 radical (unpaired) electrons. The standard InChI is InChI=1S/C29H32N2O7/c1-34-21-10-8-20(9-11-21)31-27(32)15-12-22(28(31)18-6-13-23(35-2)25(16-18)37-4)29(33)30-19-7-14-24(36-3)26(17-19)38-5/h6-11,13-14,16-17,22,28H,12,15H2,1-5H3,(H,30,33)/t22-,28-/m1/s1. The quantitative estimate of drug-likeness (QED) is 0.431. The molecular formula is C29H32N2O7. The summed E-state index contributed by atoms with van der Waals surface area (Å²) in [5.41, 5.74) is 1.98. The monoisotopic (exact) mass is 520 g/mol. The summed E-state index contributed by atoms with van der Waals surface area (Å²) < 4.78 is 26.9. The van der Waals surface area contributed by atoms with Crippen LogP contribution in [0.2, 0.25) is 0 Å². The number of ether oxygens (including phenoxy) is 5. The maximum absolute atomic E-state index is 13.8. The topological polar surface area (TPSA) is 95.6 Å². The number of hydrogen-bond acceptors (Lipinski definition) is 7. The second kappa shape index (κ2) is 11.8. The number of benzene rings is 3. The first kappa shape index (κ1) is 26.7. The van der Waals surface area contributed by atoms with Crippen molar-refractivity contribution in [2.75, 3.05) is 45.8 Å². The van der Waals surface area contributed by atoms with Gasteiger partial charge in [-0.25, -0.2) is 0 Å². The van der Waals surface area contributed by atoms with Gasteiger partial charge in [0.15, 0.2) is 23.0 Å². The van der Waals surface area contributed by atoms with Gasteiger partial charge in [0.25, 0.3) is 0 Å². The molecule has 9 nitrogen and oxygen atoms in total. The van der Waals surface area contributed by atoms with Crippen molar-refractivity contribution in [3.63, 3.8) is 0 Å². The summed E-state index contributed by atoms with van der Waals surface area (Å²) in [6.45, 7) is 0. The number of nitrogens with one attached hydrogen (secondary N) is 1. The summed E-state index contributed by atoms with van der Waals surface area (Å²) in [7, 11) is 7.79. The van der Waals surface area contributed by atoms with Crippen LogP contribution in [0, 0.1) is 5.92 Å². The van der Waals surface area contributed by atoms with Crippen LogP contribution in [0.3, 0.4) is 0 Å². The smallest absolute Gasteiger partial charge is 0.229 e. The fourth-order valence-electron chi connectivity index (χ4n) is 4.78. The number of carbonyl (C=O) groups excluding carboxylic acids is 2. The Morgan fingerprint density at radius 2 is 1.37 bits per heavy atom. The van der Waals surface area contributed by atoms with Crippen molar-refractivity contribution in [1.29, 1.82) is 0 Å². The van der Waals surface area contributed by atoms with Gasteiger partial charge >= 0.3 is 0 Å². The van der Waals surface area contributed by atoms with Crippen LogP contribution >= 0.6 is 0 Å². The molecule has 0 spiro atoms. The lowest BCUT2D eigenvalue weighted by Crippen LogP contribution is -2.47. The molecule has 0 bridgehead atoms. The largest absolute Gasteiger partial charge is 0.497 e. The third-order valence-electron chi connectivity index (χ3n) is 6.68. The Hall–Kier alpha value is -4.40. The van der Waals surface area contributed by atoms with Crippen molar-refractivity contribution in [3.05, 3.63) is 66.2 Å². The van der Waals surface area contributed by atoms with Gasteiger partial charge in [0.05, 0.1) is 47.5 Å². The minimum Gasteiger partial charge on any atom is -0.497 e. The highest BCUT2D eigenvalue weighted by Gasteiger charge is 2.42.